The van der Waals surface area contributed by atoms with Crippen LogP contribution in [-0.4, -0.2) is 24.1 Å². The van der Waals surface area contributed by atoms with E-state index in [0.29, 0.717) is 0 Å². The fourth-order valence-electron chi connectivity index (χ4n) is 1.79. The number of hydrogen-bond donors (Lipinski definition) is 0. The van der Waals surface area contributed by atoms with Crippen molar-refractivity contribution < 1.29 is 4.79 Å². The third kappa shape index (κ3) is 5.32. The van der Waals surface area contributed by atoms with Crippen LogP contribution in [0.2, 0.25) is 0 Å². The summed E-state index contributed by atoms with van der Waals surface area (Å²) in [7, 11) is 0. The Bertz CT molecular complexity index is 342. The number of para-hydroxylation sites is 1. The quantitative estimate of drug-likeness (QED) is 0.292. The molecule has 0 fully saturated rings. The largest absolute Gasteiger partial charge is 0.372 e. The third-order valence-electron chi connectivity index (χ3n) is 2.75. The summed E-state index contributed by atoms with van der Waals surface area (Å²) < 4.78 is 0. The summed E-state index contributed by atoms with van der Waals surface area (Å²) >= 11 is 0. The number of anilines is 1. The number of benzene rings is 1. The van der Waals surface area contributed by atoms with Crippen molar-refractivity contribution in [2.75, 3.05) is 18.0 Å². The maximum Gasteiger partial charge on any atom is 0.257 e. The highest BCUT2D eigenvalue weighted by molar-refractivity contribution is 5.50. The molecule has 0 aliphatic heterocycles. The van der Waals surface area contributed by atoms with Crippen molar-refractivity contribution >= 4 is 11.9 Å². The van der Waals surface area contributed by atoms with Gasteiger partial charge in [-0.3, -0.25) is 0 Å². The molecule has 0 saturated carbocycles. The maximum absolute atomic E-state index is 8.35. The summed E-state index contributed by atoms with van der Waals surface area (Å²) in [6.45, 7) is 4.31. The Morgan fingerprint density at radius 2 is 1.88 bits per heavy atom. The van der Waals surface area contributed by atoms with Gasteiger partial charge in [0.1, 0.15) is 0 Å². The maximum atomic E-state index is 8.35. The van der Waals surface area contributed by atoms with E-state index < -0.39 is 0 Å². The van der Waals surface area contributed by atoms with Gasteiger partial charge in [0.25, 0.3) is 6.21 Å². The fourth-order valence-corrected chi connectivity index (χ4v) is 1.79. The van der Waals surface area contributed by atoms with E-state index in [1.165, 1.54) is 18.5 Å². The lowest BCUT2D eigenvalue weighted by atomic mass is 10.2. The van der Waals surface area contributed by atoms with E-state index in [1.807, 2.05) is 6.07 Å². The summed E-state index contributed by atoms with van der Waals surface area (Å²) in [6, 6.07) is 10.5. The van der Waals surface area contributed by atoms with E-state index >= 15 is 0 Å². The molecule has 0 bridgehead atoms. The average Bonchev–Trinajstić information content (AvgIpc) is 2.39. The normalized spacial score (nSPS) is 9.71. The zero-order valence-corrected chi connectivity index (χ0v) is 10.5. The third-order valence-corrected chi connectivity index (χ3v) is 2.75. The Morgan fingerprint density at radius 3 is 2.53 bits per heavy atom. The van der Waals surface area contributed by atoms with Gasteiger partial charge < -0.3 is 10.4 Å². The fraction of sp³-hybridized carbons (Fsp3) is 0.500. The molecule has 0 saturated heterocycles. The van der Waals surface area contributed by atoms with Gasteiger partial charge in [-0.2, -0.15) is 4.79 Å². The monoisotopic (exact) mass is 231 g/mol. The highest BCUT2D eigenvalue weighted by Crippen LogP contribution is 2.14. The van der Waals surface area contributed by atoms with Gasteiger partial charge in [-0.25, -0.2) is 0 Å². The van der Waals surface area contributed by atoms with E-state index in [2.05, 4.69) is 40.9 Å². The Balaban J connectivity index is 2.51. The second-order valence-corrected chi connectivity index (χ2v) is 4.12. The molecular formula is C14H21N3. The van der Waals surface area contributed by atoms with Crippen LogP contribution in [-0.2, 0) is 0 Å². The van der Waals surface area contributed by atoms with E-state index in [4.69, 9.17) is 5.53 Å². The van der Waals surface area contributed by atoms with Crippen molar-refractivity contribution in [3.63, 3.8) is 0 Å². The Hall–Kier alpha value is -1.60. The van der Waals surface area contributed by atoms with Crippen LogP contribution < -0.4 is 4.90 Å². The minimum atomic E-state index is 0.825. The zero-order chi connectivity index (χ0) is 12.3. The first-order valence-corrected chi connectivity index (χ1v) is 6.34. The molecule has 17 heavy (non-hydrogen) atoms. The Morgan fingerprint density at radius 1 is 1.18 bits per heavy atom. The van der Waals surface area contributed by atoms with Crippen molar-refractivity contribution in [3.8, 4) is 0 Å². The van der Waals surface area contributed by atoms with Crippen molar-refractivity contribution in [3.05, 3.63) is 35.9 Å². The second-order valence-electron chi connectivity index (χ2n) is 4.12. The number of rotatable bonds is 8. The van der Waals surface area contributed by atoms with Crippen LogP contribution in [0.4, 0.5) is 5.69 Å². The minimum absolute atomic E-state index is 0.825. The van der Waals surface area contributed by atoms with Gasteiger partial charge >= 0.3 is 0 Å². The molecule has 0 radical (unpaired) electrons. The molecule has 0 N–H and O–H groups in total. The first-order chi connectivity index (χ1) is 8.38. The summed E-state index contributed by atoms with van der Waals surface area (Å²) in [5, 5.41) is 0. The SMILES string of the molecule is CCCCN(CCCC=[N+]=[N-])c1ccccc1. The molecule has 0 aliphatic rings. The molecule has 1 aromatic carbocycles. The van der Waals surface area contributed by atoms with E-state index in [1.54, 1.807) is 6.21 Å². The van der Waals surface area contributed by atoms with Crippen molar-refractivity contribution in [1.29, 1.82) is 0 Å². The topological polar surface area (TPSA) is 39.6 Å². The molecule has 0 spiro atoms. The average molecular weight is 231 g/mol. The summed E-state index contributed by atoms with van der Waals surface area (Å²) in [5.41, 5.74) is 9.63. The molecule has 3 heteroatoms. The van der Waals surface area contributed by atoms with E-state index in [-0.39, 0.29) is 0 Å². The predicted molar refractivity (Wildman–Crippen MR) is 72.5 cm³/mol. The Kier molecular flexibility index (Phi) is 6.76. The van der Waals surface area contributed by atoms with Crippen LogP contribution in [0, 0.1) is 0 Å². The molecule has 0 unspecified atom stereocenters. The smallest absolute Gasteiger partial charge is 0.257 e. The summed E-state index contributed by atoms with van der Waals surface area (Å²) in [5.74, 6) is 0. The molecule has 0 aromatic heterocycles. The Labute approximate surface area is 104 Å². The first kappa shape index (κ1) is 13.5. The lowest BCUT2D eigenvalue weighted by Gasteiger charge is -2.24. The van der Waals surface area contributed by atoms with Crippen LogP contribution >= 0.6 is 0 Å². The zero-order valence-electron chi connectivity index (χ0n) is 10.5. The molecule has 92 valence electrons. The van der Waals surface area contributed by atoms with Crippen LogP contribution in [0.25, 0.3) is 5.53 Å². The molecule has 0 amide bonds. The molecular weight excluding hydrogens is 210 g/mol. The molecule has 0 atom stereocenters. The van der Waals surface area contributed by atoms with Gasteiger partial charge in [-0.15, -0.1) is 0 Å². The van der Waals surface area contributed by atoms with Crippen molar-refractivity contribution in [2.45, 2.75) is 32.6 Å². The van der Waals surface area contributed by atoms with Gasteiger partial charge in [0.2, 0.25) is 0 Å². The number of hydrogen-bond acceptors (Lipinski definition) is 1. The van der Waals surface area contributed by atoms with Crippen molar-refractivity contribution in [1.82, 2.24) is 0 Å². The highest BCUT2D eigenvalue weighted by atomic mass is 15.1. The van der Waals surface area contributed by atoms with Gasteiger partial charge in [-0.1, -0.05) is 31.5 Å². The van der Waals surface area contributed by atoms with Crippen LogP contribution in [0.5, 0.6) is 0 Å². The van der Waals surface area contributed by atoms with E-state index in [0.717, 1.165) is 25.9 Å². The standard InChI is InChI=1S/C14H21N3/c1-2-3-12-17(13-8-7-11-16-15)14-9-5-4-6-10-14/h4-6,9-11H,2-3,7-8,12-13H2,1H3. The lowest BCUT2D eigenvalue weighted by Crippen LogP contribution is -2.25. The summed E-state index contributed by atoms with van der Waals surface area (Å²) in [4.78, 5) is 5.42. The molecule has 1 rings (SSSR count). The summed E-state index contributed by atoms with van der Waals surface area (Å²) in [6.07, 6.45) is 5.82. The molecule has 0 heterocycles. The van der Waals surface area contributed by atoms with Crippen LogP contribution in [0.1, 0.15) is 32.6 Å². The molecule has 1 aromatic rings. The van der Waals surface area contributed by atoms with Gasteiger partial charge in [0.05, 0.1) is 0 Å². The first-order valence-electron chi connectivity index (χ1n) is 6.34. The van der Waals surface area contributed by atoms with Crippen LogP contribution in [0.15, 0.2) is 30.3 Å². The van der Waals surface area contributed by atoms with E-state index in [9.17, 15) is 0 Å². The number of unbranched alkanes of at least 4 members (excludes halogenated alkanes) is 2. The number of nitrogens with zero attached hydrogens (tertiary/aromatic N) is 3. The minimum Gasteiger partial charge on any atom is -0.372 e. The molecule has 3 nitrogen and oxygen atoms in total. The van der Waals surface area contributed by atoms with Crippen molar-refractivity contribution in [2.24, 2.45) is 0 Å². The second kappa shape index (κ2) is 8.54. The van der Waals surface area contributed by atoms with Crippen LogP contribution in [0.3, 0.4) is 0 Å². The highest BCUT2D eigenvalue weighted by Gasteiger charge is 2.04. The molecule has 0 aliphatic carbocycles. The predicted octanol–water partition coefficient (Wildman–Crippen LogP) is 3.37. The van der Waals surface area contributed by atoms with Gasteiger partial charge in [0, 0.05) is 25.2 Å². The lowest BCUT2D eigenvalue weighted by molar-refractivity contribution is 0.000815. The van der Waals surface area contributed by atoms with Gasteiger partial charge in [-0.05, 0) is 25.0 Å². The van der Waals surface area contributed by atoms with Gasteiger partial charge in [0.15, 0.2) is 0 Å².